The fourth-order valence-electron chi connectivity index (χ4n) is 0.781. The molecule has 0 aliphatic carbocycles. The maximum atomic E-state index is 10.5. The van der Waals surface area contributed by atoms with E-state index in [1.807, 2.05) is 0 Å². The Labute approximate surface area is 70.9 Å². The van der Waals surface area contributed by atoms with Crippen molar-refractivity contribution < 1.29 is 8.95 Å². The lowest BCUT2D eigenvalue weighted by Crippen LogP contribution is -2.11. The van der Waals surface area contributed by atoms with Gasteiger partial charge in [-0.25, -0.2) is 4.21 Å². The van der Waals surface area contributed by atoms with Crippen molar-refractivity contribution in [1.29, 1.82) is 0 Å². The molecule has 0 aliphatic rings. The largest absolute Gasteiger partial charge is 0.385 e. The van der Waals surface area contributed by atoms with E-state index in [1.165, 1.54) is 0 Å². The summed E-state index contributed by atoms with van der Waals surface area (Å²) in [6.07, 6.45) is 1.94. The first-order valence-electron chi connectivity index (χ1n) is 3.78. The third-order valence-corrected chi connectivity index (χ3v) is 2.26. The Morgan fingerprint density at radius 2 is 2.18 bits per heavy atom. The first-order valence-corrected chi connectivity index (χ1v) is 5.16. The van der Waals surface area contributed by atoms with Crippen LogP contribution in [0, 0.1) is 5.92 Å². The molecule has 0 aliphatic heterocycles. The molecular weight excluding hydrogens is 162 g/mol. The van der Waals surface area contributed by atoms with E-state index < -0.39 is 11.0 Å². The zero-order valence-corrected chi connectivity index (χ0v) is 8.02. The van der Waals surface area contributed by atoms with Crippen LogP contribution in [0.25, 0.3) is 0 Å². The minimum absolute atomic E-state index is 0.558. The Morgan fingerprint density at radius 3 is 2.64 bits per heavy atom. The molecule has 0 amide bonds. The maximum Gasteiger partial charge on any atom is 0.0888 e. The molecule has 0 aromatic carbocycles. The van der Waals surface area contributed by atoms with E-state index in [1.54, 1.807) is 7.11 Å². The predicted octanol–water partition coefficient (Wildman–Crippen LogP) is 0.672. The van der Waals surface area contributed by atoms with Crippen LogP contribution in [-0.2, 0) is 15.7 Å². The summed E-state index contributed by atoms with van der Waals surface area (Å²) < 4.78 is 15.4. The predicted molar refractivity (Wildman–Crippen MR) is 47.5 cm³/mol. The summed E-state index contributed by atoms with van der Waals surface area (Å²) in [5.41, 5.74) is 0. The first kappa shape index (κ1) is 11.1. The molecule has 0 heterocycles. The molecule has 11 heavy (non-hydrogen) atoms. The van der Waals surface area contributed by atoms with Gasteiger partial charge in [-0.2, -0.15) is 0 Å². The van der Waals surface area contributed by atoms with Crippen molar-refractivity contribution in [1.82, 2.24) is 0 Å². The van der Waals surface area contributed by atoms with Crippen LogP contribution < -0.4 is 5.14 Å². The highest BCUT2D eigenvalue weighted by molar-refractivity contribution is 7.82. The number of hydrogen-bond donors (Lipinski definition) is 1. The van der Waals surface area contributed by atoms with Crippen molar-refractivity contribution in [3.8, 4) is 0 Å². The Morgan fingerprint density at radius 1 is 1.55 bits per heavy atom. The molecule has 0 bridgehead atoms. The van der Waals surface area contributed by atoms with Crippen molar-refractivity contribution in [3.05, 3.63) is 0 Å². The van der Waals surface area contributed by atoms with Crippen molar-refractivity contribution in [2.24, 2.45) is 11.1 Å². The summed E-state index contributed by atoms with van der Waals surface area (Å²) >= 11 is 0. The maximum absolute atomic E-state index is 10.5. The van der Waals surface area contributed by atoms with Crippen LogP contribution in [0.2, 0.25) is 0 Å². The van der Waals surface area contributed by atoms with E-state index in [-0.39, 0.29) is 0 Å². The lowest BCUT2D eigenvalue weighted by Gasteiger charge is -2.08. The zero-order chi connectivity index (χ0) is 8.69. The average molecular weight is 179 g/mol. The number of ether oxygens (including phenoxy) is 1. The van der Waals surface area contributed by atoms with E-state index in [0.29, 0.717) is 11.7 Å². The smallest absolute Gasteiger partial charge is 0.0888 e. The summed E-state index contributed by atoms with van der Waals surface area (Å²) in [4.78, 5) is 0. The normalized spacial score (nSPS) is 16.3. The van der Waals surface area contributed by atoms with E-state index in [4.69, 9.17) is 9.88 Å². The van der Waals surface area contributed by atoms with Gasteiger partial charge in [0.05, 0.1) is 11.0 Å². The van der Waals surface area contributed by atoms with Gasteiger partial charge in [0.15, 0.2) is 0 Å². The number of methoxy groups -OCH3 is 1. The summed E-state index contributed by atoms with van der Waals surface area (Å²) in [6, 6.07) is 0. The molecule has 0 aromatic heterocycles. The van der Waals surface area contributed by atoms with Gasteiger partial charge in [-0.05, 0) is 18.8 Å². The van der Waals surface area contributed by atoms with E-state index in [9.17, 15) is 4.21 Å². The second-order valence-electron chi connectivity index (χ2n) is 2.76. The quantitative estimate of drug-likeness (QED) is 0.651. The van der Waals surface area contributed by atoms with Crippen LogP contribution in [0.1, 0.15) is 19.8 Å². The topological polar surface area (TPSA) is 52.3 Å². The van der Waals surface area contributed by atoms with Gasteiger partial charge in [-0.15, -0.1) is 0 Å². The Kier molecular flexibility index (Phi) is 6.80. The minimum atomic E-state index is -1.13. The lowest BCUT2D eigenvalue weighted by molar-refractivity contribution is 0.179. The van der Waals surface area contributed by atoms with Gasteiger partial charge in [-0.1, -0.05) is 6.92 Å². The molecule has 0 radical (unpaired) electrons. The monoisotopic (exact) mass is 179 g/mol. The molecule has 0 rings (SSSR count). The third-order valence-electron chi connectivity index (χ3n) is 1.63. The van der Waals surface area contributed by atoms with Crippen LogP contribution in [0.15, 0.2) is 0 Å². The van der Waals surface area contributed by atoms with E-state index >= 15 is 0 Å². The Balaban J connectivity index is 3.22. The standard InChI is InChI=1S/C7H17NO2S/c1-7(3-5-10-2)4-6-11(8)9/h7H,3-6,8H2,1-2H3. The van der Waals surface area contributed by atoms with Gasteiger partial charge in [0.2, 0.25) is 0 Å². The van der Waals surface area contributed by atoms with Crippen LogP contribution in [0.3, 0.4) is 0 Å². The number of hydrogen-bond acceptors (Lipinski definition) is 2. The van der Waals surface area contributed by atoms with Gasteiger partial charge < -0.3 is 4.74 Å². The second-order valence-corrected chi connectivity index (χ2v) is 3.93. The molecule has 0 saturated heterocycles. The van der Waals surface area contributed by atoms with Crippen LogP contribution in [0.4, 0.5) is 0 Å². The summed E-state index contributed by atoms with van der Waals surface area (Å²) in [7, 11) is 0.556. The molecule has 2 unspecified atom stereocenters. The Hall–Kier alpha value is 0.0700. The molecule has 0 spiro atoms. The van der Waals surface area contributed by atoms with Crippen molar-refractivity contribution >= 4 is 11.0 Å². The number of nitrogens with two attached hydrogens (primary N) is 1. The molecule has 0 aromatic rings. The first-order chi connectivity index (χ1) is 5.16. The van der Waals surface area contributed by atoms with Crippen molar-refractivity contribution in [2.45, 2.75) is 19.8 Å². The molecule has 68 valence electrons. The highest BCUT2D eigenvalue weighted by Crippen LogP contribution is 2.06. The highest BCUT2D eigenvalue weighted by atomic mass is 32.2. The van der Waals surface area contributed by atoms with Crippen LogP contribution in [-0.4, -0.2) is 23.7 Å². The summed E-state index contributed by atoms with van der Waals surface area (Å²) in [6.45, 7) is 2.89. The SMILES string of the molecule is COCCC(C)CCS(N)=O. The van der Waals surface area contributed by atoms with E-state index in [2.05, 4.69) is 6.92 Å². The molecule has 2 atom stereocenters. The fraction of sp³-hybridized carbons (Fsp3) is 1.00. The van der Waals surface area contributed by atoms with Crippen LogP contribution >= 0.6 is 0 Å². The van der Waals surface area contributed by atoms with Gasteiger partial charge in [0.1, 0.15) is 0 Å². The lowest BCUT2D eigenvalue weighted by atomic mass is 10.1. The van der Waals surface area contributed by atoms with Gasteiger partial charge in [-0.3, -0.25) is 5.14 Å². The van der Waals surface area contributed by atoms with Gasteiger partial charge in [0.25, 0.3) is 0 Å². The highest BCUT2D eigenvalue weighted by Gasteiger charge is 2.02. The van der Waals surface area contributed by atoms with Crippen molar-refractivity contribution in [3.63, 3.8) is 0 Å². The second kappa shape index (κ2) is 6.76. The molecule has 0 saturated carbocycles. The third kappa shape index (κ3) is 7.97. The van der Waals surface area contributed by atoms with Gasteiger partial charge in [0, 0.05) is 19.5 Å². The Bertz CT molecular complexity index is 119. The minimum Gasteiger partial charge on any atom is -0.385 e. The van der Waals surface area contributed by atoms with Crippen molar-refractivity contribution in [2.75, 3.05) is 19.5 Å². The zero-order valence-electron chi connectivity index (χ0n) is 7.21. The number of rotatable bonds is 6. The molecule has 4 heteroatoms. The molecular formula is C7H17NO2S. The van der Waals surface area contributed by atoms with E-state index in [0.717, 1.165) is 19.4 Å². The average Bonchev–Trinajstić information content (AvgIpc) is 1.97. The fourth-order valence-corrected chi connectivity index (χ4v) is 1.42. The summed E-state index contributed by atoms with van der Waals surface area (Å²) in [5.74, 6) is 1.16. The molecule has 3 nitrogen and oxygen atoms in total. The molecule has 0 fully saturated rings. The van der Waals surface area contributed by atoms with Crippen LogP contribution in [0.5, 0.6) is 0 Å². The summed E-state index contributed by atoms with van der Waals surface area (Å²) in [5, 5.41) is 5.11. The van der Waals surface area contributed by atoms with Gasteiger partial charge >= 0.3 is 0 Å². The molecule has 2 N–H and O–H groups in total.